The molecular formula is C19H24O3. The fourth-order valence-corrected chi connectivity index (χ4v) is 2.62. The average molecular weight is 300 g/mol. The molecule has 118 valence electrons. The Balaban J connectivity index is 2.15. The van der Waals surface area contributed by atoms with Crippen LogP contribution in [0.1, 0.15) is 37.3 Å². The van der Waals surface area contributed by atoms with E-state index in [0.717, 1.165) is 23.3 Å². The van der Waals surface area contributed by atoms with Crippen LogP contribution in [-0.2, 0) is 6.61 Å². The van der Waals surface area contributed by atoms with E-state index in [1.165, 1.54) is 0 Å². The van der Waals surface area contributed by atoms with Crippen molar-refractivity contribution in [2.24, 2.45) is 0 Å². The number of benzene rings is 2. The first kappa shape index (κ1) is 16.4. The van der Waals surface area contributed by atoms with E-state index >= 15 is 0 Å². The average Bonchev–Trinajstić information content (AvgIpc) is 2.54. The Hall–Kier alpha value is -2.00. The van der Waals surface area contributed by atoms with Gasteiger partial charge in [0, 0.05) is 5.92 Å². The van der Waals surface area contributed by atoms with Crippen molar-refractivity contribution < 1.29 is 14.6 Å². The number of rotatable bonds is 7. The van der Waals surface area contributed by atoms with E-state index in [2.05, 4.69) is 6.92 Å². The van der Waals surface area contributed by atoms with Crippen LogP contribution in [-0.4, -0.2) is 18.3 Å². The summed E-state index contributed by atoms with van der Waals surface area (Å²) in [5.74, 6) is 1.53. The lowest BCUT2D eigenvalue weighted by molar-refractivity contribution is 0.159. The first-order valence-electron chi connectivity index (χ1n) is 7.68. The summed E-state index contributed by atoms with van der Waals surface area (Å²) >= 11 is 0. The molecule has 0 fully saturated rings. The van der Waals surface area contributed by atoms with E-state index in [1.54, 1.807) is 7.11 Å². The zero-order valence-corrected chi connectivity index (χ0v) is 13.5. The monoisotopic (exact) mass is 300 g/mol. The highest BCUT2D eigenvalue weighted by Gasteiger charge is 2.17. The van der Waals surface area contributed by atoms with Gasteiger partial charge in [-0.05, 0) is 36.6 Å². The molecule has 0 spiro atoms. The van der Waals surface area contributed by atoms with Crippen LogP contribution >= 0.6 is 0 Å². The topological polar surface area (TPSA) is 38.7 Å². The molecule has 2 aromatic rings. The van der Waals surface area contributed by atoms with Crippen LogP contribution in [0.4, 0.5) is 0 Å². The van der Waals surface area contributed by atoms with E-state index in [0.29, 0.717) is 12.4 Å². The van der Waals surface area contributed by atoms with Crippen LogP contribution in [0.2, 0.25) is 0 Å². The van der Waals surface area contributed by atoms with Crippen molar-refractivity contribution in [1.82, 2.24) is 0 Å². The van der Waals surface area contributed by atoms with Crippen molar-refractivity contribution in [3.8, 4) is 11.5 Å². The van der Waals surface area contributed by atoms with E-state index in [9.17, 15) is 5.11 Å². The number of hydrogen-bond acceptors (Lipinski definition) is 3. The summed E-state index contributed by atoms with van der Waals surface area (Å²) in [4.78, 5) is 0. The second kappa shape index (κ2) is 7.85. The van der Waals surface area contributed by atoms with Gasteiger partial charge in [0.25, 0.3) is 0 Å². The molecule has 0 aliphatic carbocycles. The molecule has 0 aromatic heterocycles. The molecule has 3 heteroatoms. The molecule has 3 nitrogen and oxygen atoms in total. The summed E-state index contributed by atoms with van der Waals surface area (Å²) in [7, 11) is 1.64. The molecule has 0 heterocycles. The van der Waals surface area contributed by atoms with Crippen LogP contribution in [0.25, 0.3) is 0 Å². The zero-order valence-electron chi connectivity index (χ0n) is 13.5. The summed E-state index contributed by atoms with van der Waals surface area (Å²) < 4.78 is 11.3. The molecule has 2 unspecified atom stereocenters. The number of aliphatic hydroxyl groups excluding tert-OH is 1. The summed E-state index contributed by atoms with van der Waals surface area (Å²) in [5, 5.41) is 9.88. The minimum atomic E-state index is -0.384. The molecule has 2 aromatic carbocycles. The maximum atomic E-state index is 9.88. The fourth-order valence-electron chi connectivity index (χ4n) is 2.62. The first-order valence-corrected chi connectivity index (χ1v) is 7.68. The third kappa shape index (κ3) is 4.01. The van der Waals surface area contributed by atoms with Gasteiger partial charge in [-0.3, -0.25) is 0 Å². The van der Waals surface area contributed by atoms with Gasteiger partial charge >= 0.3 is 0 Å². The van der Waals surface area contributed by atoms with Crippen LogP contribution in [0.15, 0.2) is 48.5 Å². The Morgan fingerprint density at radius 3 is 2.36 bits per heavy atom. The maximum Gasteiger partial charge on any atom is 0.161 e. The number of ether oxygens (including phenoxy) is 2. The highest BCUT2D eigenvalue weighted by Crippen LogP contribution is 2.33. The molecule has 2 rings (SSSR count). The minimum Gasteiger partial charge on any atom is -0.493 e. The summed E-state index contributed by atoms with van der Waals surface area (Å²) in [5.41, 5.74) is 2.19. The van der Waals surface area contributed by atoms with Gasteiger partial charge < -0.3 is 14.6 Å². The van der Waals surface area contributed by atoms with Crippen molar-refractivity contribution >= 4 is 0 Å². The second-order valence-corrected chi connectivity index (χ2v) is 5.44. The third-order valence-corrected chi connectivity index (χ3v) is 3.88. The first-order chi connectivity index (χ1) is 10.7. The van der Waals surface area contributed by atoms with Gasteiger partial charge in [-0.1, -0.05) is 43.3 Å². The molecular weight excluding hydrogens is 276 g/mol. The molecule has 0 saturated carbocycles. The molecule has 0 radical (unpaired) electrons. The standard InChI is InChI=1S/C19H24O3/c1-4-17(14(2)20)16-10-11-18(19(12-16)21-3)22-13-15-8-6-5-7-9-15/h5-12,14,17,20H,4,13H2,1-3H3. The lowest BCUT2D eigenvalue weighted by Crippen LogP contribution is -2.13. The molecule has 2 atom stereocenters. The predicted molar refractivity (Wildman–Crippen MR) is 88.5 cm³/mol. The van der Waals surface area contributed by atoms with Crippen molar-refractivity contribution in [1.29, 1.82) is 0 Å². The molecule has 0 bridgehead atoms. The number of aliphatic hydroxyl groups is 1. The Bertz CT molecular complexity index is 578. The molecule has 0 aliphatic heterocycles. The summed E-state index contributed by atoms with van der Waals surface area (Å²) in [6.45, 7) is 4.40. The largest absolute Gasteiger partial charge is 0.493 e. The van der Waals surface area contributed by atoms with E-state index < -0.39 is 0 Å². The van der Waals surface area contributed by atoms with Crippen LogP contribution in [0, 0.1) is 0 Å². The van der Waals surface area contributed by atoms with Gasteiger partial charge in [-0.15, -0.1) is 0 Å². The van der Waals surface area contributed by atoms with Crippen molar-refractivity contribution in [3.05, 3.63) is 59.7 Å². The molecule has 0 amide bonds. The lowest BCUT2D eigenvalue weighted by atomic mass is 9.91. The Kier molecular flexibility index (Phi) is 5.84. The summed E-state index contributed by atoms with van der Waals surface area (Å²) in [6.07, 6.45) is 0.496. The Morgan fingerprint density at radius 1 is 1.05 bits per heavy atom. The predicted octanol–water partition coefficient (Wildman–Crippen LogP) is 4.15. The molecule has 0 saturated heterocycles. The number of methoxy groups -OCH3 is 1. The maximum absolute atomic E-state index is 9.88. The smallest absolute Gasteiger partial charge is 0.161 e. The van der Waals surface area contributed by atoms with Gasteiger partial charge in [0.2, 0.25) is 0 Å². The van der Waals surface area contributed by atoms with E-state index in [4.69, 9.17) is 9.47 Å². The normalized spacial score (nSPS) is 13.5. The molecule has 1 N–H and O–H groups in total. The molecule has 22 heavy (non-hydrogen) atoms. The Morgan fingerprint density at radius 2 is 1.77 bits per heavy atom. The molecule has 0 aliphatic rings. The van der Waals surface area contributed by atoms with Gasteiger partial charge in [-0.25, -0.2) is 0 Å². The SMILES string of the molecule is CCC(c1ccc(OCc2ccccc2)c(OC)c1)C(C)O. The fraction of sp³-hybridized carbons (Fsp3) is 0.368. The van der Waals surface area contributed by atoms with Gasteiger partial charge in [0.15, 0.2) is 11.5 Å². The quantitative estimate of drug-likeness (QED) is 0.835. The third-order valence-electron chi connectivity index (χ3n) is 3.88. The highest BCUT2D eigenvalue weighted by atomic mass is 16.5. The minimum absolute atomic E-state index is 0.108. The van der Waals surface area contributed by atoms with Crippen molar-refractivity contribution in [3.63, 3.8) is 0 Å². The number of hydrogen-bond donors (Lipinski definition) is 1. The zero-order chi connectivity index (χ0) is 15.9. The van der Waals surface area contributed by atoms with Crippen LogP contribution < -0.4 is 9.47 Å². The van der Waals surface area contributed by atoms with Crippen molar-refractivity contribution in [2.75, 3.05) is 7.11 Å². The van der Waals surface area contributed by atoms with Gasteiger partial charge in [0.05, 0.1) is 13.2 Å². The summed E-state index contributed by atoms with van der Waals surface area (Å²) in [6, 6.07) is 15.9. The van der Waals surface area contributed by atoms with Crippen LogP contribution in [0.5, 0.6) is 11.5 Å². The van der Waals surface area contributed by atoms with Gasteiger partial charge in [-0.2, -0.15) is 0 Å². The second-order valence-electron chi connectivity index (χ2n) is 5.44. The lowest BCUT2D eigenvalue weighted by Gasteiger charge is -2.20. The van der Waals surface area contributed by atoms with Crippen molar-refractivity contribution in [2.45, 2.75) is 38.9 Å². The van der Waals surface area contributed by atoms with E-state index in [-0.39, 0.29) is 12.0 Å². The Labute approximate surface area is 132 Å². The van der Waals surface area contributed by atoms with Gasteiger partial charge in [0.1, 0.15) is 6.61 Å². The highest BCUT2D eigenvalue weighted by molar-refractivity contribution is 5.44. The van der Waals surface area contributed by atoms with E-state index in [1.807, 2.05) is 55.5 Å². The van der Waals surface area contributed by atoms with Crippen LogP contribution in [0.3, 0.4) is 0 Å².